The zero-order valence-electron chi connectivity index (χ0n) is 9.93. The van der Waals surface area contributed by atoms with Gasteiger partial charge in [-0.15, -0.1) is 0 Å². The lowest BCUT2D eigenvalue weighted by atomic mass is 10.1. The normalized spacial score (nSPS) is 17.9. The van der Waals surface area contributed by atoms with Crippen LogP contribution in [0.3, 0.4) is 0 Å². The highest BCUT2D eigenvalue weighted by Gasteiger charge is 2.18. The maximum absolute atomic E-state index is 13.1. The van der Waals surface area contributed by atoms with Crippen LogP contribution in [0.4, 0.5) is 10.1 Å². The van der Waals surface area contributed by atoms with Crippen molar-refractivity contribution in [3.63, 3.8) is 0 Å². The van der Waals surface area contributed by atoms with E-state index in [1.165, 1.54) is 5.56 Å². The maximum Gasteiger partial charge on any atom is 0.103 e. The molecule has 0 aromatic carbocycles. The van der Waals surface area contributed by atoms with E-state index in [9.17, 15) is 4.39 Å². The van der Waals surface area contributed by atoms with Gasteiger partial charge in [0, 0.05) is 13.1 Å². The standard InChI is InChI=1S/C13H16FN3/c1-10-8-15-17-9-12(2-3-13(10)17)16-6-4-11(14)5-7-16/h2-3,8-9,11H,4-7H2,1H3. The molecule has 0 amide bonds. The Kier molecular flexibility index (Phi) is 2.50. The summed E-state index contributed by atoms with van der Waals surface area (Å²) in [5.41, 5.74) is 3.45. The molecular formula is C13H16FN3. The summed E-state index contributed by atoms with van der Waals surface area (Å²) in [6.45, 7) is 3.65. The number of aromatic nitrogens is 2. The van der Waals surface area contributed by atoms with Crippen molar-refractivity contribution in [1.82, 2.24) is 9.61 Å². The highest BCUT2D eigenvalue weighted by atomic mass is 19.1. The number of hydrogen-bond acceptors (Lipinski definition) is 2. The number of nitrogens with zero attached hydrogens (tertiary/aromatic N) is 3. The smallest absolute Gasteiger partial charge is 0.103 e. The Bertz CT molecular complexity index is 526. The van der Waals surface area contributed by atoms with Crippen LogP contribution in [0.2, 0.25) is 0 Å². The minimum atomic E-state index is -0.623. The van der Waals surface area contributed by atoms with Gasteiger partial charge in [0.1, 0.15) is 6.17 Å². The summed E-state index contributed by atoms with van der Waals surface area (Å²) >= 11 is 0. The Morgan fingerprint density at radius 3 is 2.82 bits per heavy atom. The number of piperidine rings is 1. The van der Waals surface area contributed by atoms with Crippen molar-refractivity contribution in [3.05, 3.63) is 30.1 Å². The molecule has 0 bridgehead atoms. The number of fused-ring (bicyclic) bond motifs is 1. The van der Waals surface area contributed by atoms with Gasteiger partial charge in [-0.05, 0) is 37.5 Å². The molecule has 0 atom stereocenters. The topological polar surface area (TPSA) is 20.5 Å². The lowest BCUT2D eigenvalue weighted by Gasteiger charge is -2.30. The first-order valence-electron chi connectivity index (χ1n) is 6.07. The van der Waals surface area contributed by atoms with E-state index in [0.717, 1.165) is 24.3 Å². The molecule has 1 aliphatic heterocycles. The molecule has 1 aliphatic rings. The van der Waals surface area contributed by atoms with Crippen molar-refractivity contribution in [2.45, 2.75) is 25.9 Å². The van der Waals surface area contributed by atoms with Crippen LogP contribution in [-0.4, -0.2) is 28.9 Å². The summed E-state index contributed by atoms with van der Waals surface area (Å²) in [6.07, 6.45) is 4.54. The molecule has 17 heavy (non-hydrogen) atoms. The highest BCUT2D eigenvalue weighted by molar-refractivity contribution is 5.58. The average molecular weight is 233 g/mol. The first kappa shape index (κ1) is 10.6. The number of pyridine rings is 1. The molecule has 0 unspecified atom stereocenters. The van der Waals surface area contributed by atoms with Crippen LogP contribution in [0.5, 0.6) is 0 Å². The number of aryl methyl sites for hydroxylation is 1. The number of hydrogen-bond donors (Lipinski definition) is 0. The third-order valence-corrected chi connectivity index (χ3v) is 3.48. The number of anilines is 1. The van der Waals surface area contributed by atoms with Gasteiger partial charge >= 0.3 is 0 Å². The van der Waals surface area contributed by atoms with Crippen LogP contribution >= 0.6 is 0 Å². The van der Waals surface area contributed by atoms with Crippen molar-refractivity contribution < 1.29 is 4.39 Å². The third-order valence-electron chi connectivity index (χ3n) is 3.48. The first-order valence-corrected chi connectivity index (χ1v) is 6.07. The second-order valence-corrected chi connectivity index (χ2v) is 4.71. The second-order valence-electron chi connectivity index (χ2n) is 4.71. The molecule has 1 saturated heterocycles. The predicted octanol–water partition coefficient (Wildman–Crippen LogP) is 2.58. The fourth-order valence-electron chi connectivity index (χ4n) is 2.39. The molecular weight excluding hydrogens is 217 g/mol. The maximum atomic E-state index is 13.1. The van der Waals surface area contributed by atoms with Gasteiger partial charge in [0.2, 0.25) is 0 Å². The quantitative estimate of drug-likeness (QED) is 0.754. The van der Waals surface area contributed by atoms with Gasteiger partial charge in [0.05, 0.1) is 23.6 Å². The van der Waals surface area contributed by atoms with Crippen molar-refractivity contribution in [1.29, 1.82) is 0 Å². The van der Waals surface area contributed by atoms with E-state index in [0.29, 0.717) is 12.8 Å². The zero-order valence-corrected chi connectivity index (χ0v) is 9.93. The molecule has 0 radical (unpaired) electrons. The molecule has 2 aromatic heterocycles. The van der Waals surface area contributed by atoms with E-state index >= 15 is 0 Å². The lowest BCUT2D eigenvalue weighted by Crippen LogP contribution is -2.34. The molecule has 3 heterocycles. The first-order chi connectivity index (χ1) is 8.24. The number of halogens is 1. The monoisotopic (exact) mass is 233 g/mol. The summed E-state index contributed by atoms with van der Waals surface area (Å²) < 4.78 is 15.0. The van der Waals surface area contributed by atoms with Crippen molar-refractivity contribution in [2.75, 3.05) is 18.0 Å². The van der Waals surface area contributed by atoms with E-state index in [1.807, 2.05) is 16.9 Å². The lowest BCUT2D eigenvalue weighted by molar-refractivity contribution is 0.277. The van der Waals surface area contributed by atoms with Gasteiger partial charge in [-0.2, -0.15) is 5.10 Å². The van der Waals surface area contributed by atoms with E-state index < -0.39 is 6.17 Å². The highest BCUT2D eigenvalue weighted by Crippen LogP contribution is 2.22. The van der Waals surface area contributed by atoms with E-state index in [4.69, 9.17) is 0 Å². The molecule has 0 aliphatic carbocycles. The van der Waals surface area contributed by atoms with E-state index in [1.54, 1.807) is 0 Å². The van der Waals surface area contributed by atoms with Crippen LogP contribution in [0.15, 0.2) is 24.5 Å². The third kappa shape index (κ3) is 1.88. The van der Waals surface area contributed by atoms with E-state index in [-0.39, 0.29) is 0 Å². The van der Waals surface area contributed by atoms with Crippen LogP contribution < -0.4 is 4.90 Å². The Labute approximate surface area is 99.8 Å². The van der Waals surface area contributed by atoms with Crippen LogP contribution in [0.25, 0.3) is 5.52 Å². The largest absolute Gasteiger partial charge is 0.370 e. The molecule has 0 spiro atoms. The molecule has 3 nitrogen and oxygen atoms in total. The summed E-state index contributed by atoms with van der Waals surface area (Å²) in [5.74, 6) is 0. The molecule has 2 aromatic rings. The Morgan fingerprint density at radius 1 is 1.29 bits per heavy atom. The van der Waals surface area contributed by atoms with Crippen LogP contribution in [0.1, 0.15) is 18.4 Å². The van der Waals surface area contributed by atoms with Gasteiger partial charge in [0.15, 0.2) is 0 Å². The van der Waals surface area contributed by atoms with Crippen LogP contribution in [0, 0.1) is 6.92 Å². The van der Waals surface area contributed by atoms with E-state index in [2.05, 4.69) is 29.1 Å². The fraction of sp³-hybridized carbons (Fsp3) is 0.462. The van der Waals surface area contributed by atoms with Gasteiger partial charge < -0.3 is 4.90 Å². The predicted molar refractivity (Wildman–Crippen MR) is 66.3 cm³/mol. The SMILES string of the molecule is Cc1cnn2cc(N3CCC(F)CC3)ccc12. The summed E-state index contributed by atoms with van der Waals surface area (Å²) in [4.78, 5) is 2.23. The molecule has 3 rings (SSSR count). The Morgan fingerprint density at radius 2 is 2.06 bits per heavy atom. The molecule has 0 N–H and O–H groups in total. The minimum Gasteiger partial charge on any atom is -0.370 e. The number of alkyl halides is 1. The van der Waals surface area contributed by atoms with Gasteiger partial charge in [-0.1, -0.05) is 0 Å². The summed E-state index contributed by atoms with van der Waals surface area (Å²) in [5, 5.41) is 4.30. The number of rotatable bonds is 1. The van der Waals surface area contributed by atoms with Gasteiger partial charge in [0.25, 0.3) is 0 Å². The molecule has 1 fully saturated rings. The molecule has 90 valence electrons. The van der Waals surface area contributed by atoms with Crippen molar-refractivity contribution in [2.24, 2.45) is 0 Å². The van der Waals surface area contributed by atoms with Crippen LogP contribution in [-0.2, 0) is 0 Å². The van der Waals surface area contributed by atoms with Crippen molar-refractivity contribution in [3.8, 4) is 0 Å². The minimum absolute atomic E-state index is 0.623. The summed E-state index contributed by atoms with van der Waals surface area (Å²) in [6, 6.07) is 4.18. The van der Waals surface area contributed by atoms with Gasteiger partial charge in [-0.25, -0.2) is 8.91 Å². The Balaban J connectivity index is 1.90. The van der Waals surface area contributed by atoms with Gasteiger partial charge in [-0.3, -0.25) is 0 Å². The molecule has 0 saturated carbocycles. The fourth-order valence-corrected chi connectivity index (χ4v) is 2.39. The average Bonchev–Trinajstić information content (AvgIpc) is 2.72. The molecule has 4 heteroatoms. The zero-order chi connectivity index (χ0) is 11.8. The summed E-state index contributed by atoms with van der Waals surface area (Å²) in [7, 11) is 0. The Hall–Kier alpha value is -1.58. The second kappa shape index (κ2) is 4.02. The van der Waals surface area contributed by atoms with Crippen molar-refractivity contribution >= 4 is 11.2 Å².